The molecule has 3 rings (SSSR count). The maximum Gasteiger partial charge on any atom is 0.232 e. The summed E-state index contributed by atoms with van der Waals surface area (Å²) in [5, 5.41) is 8.15. The lowest BCUT2D eigenvalue weighted by atomic mass is 10.3. The number of anilines is 2. The van der Waals surface area contributed by atoms with E-state index in [1.807, 2.05) is 36.6 Å². The Morgan fingerprint density at radius 3 is 2.84 bits per heavy atom. The fourth-order valence-electron chi connectivity index (χ4n) is 1.68. The van der Waals surface area contributed by atoms with Crippen LogP contribution in [0.4, 0.5) is 11.6 Å². The lowest BCUT2D eigenvalue weighted by Crippen LogP contribution is -2.05. The van der Waals surface area contributed by atoms with Gasteiger partial charge in [-0.2, -0.15) is 14.6 Å². The normalized spacial score (nSPS) is 10.8. The summed E-state index contributed by atoms with van der Waals surface area (Å²) >= 11 is 5.91. The summed E-state index contributed by atoms with van der Waals surface area (Å²) in [6.45, 7) is 0. The van der Waals surface area contributed by atoms with Gasteiger partial charge in [0.1, 0.15) is 0 Å². The molecule has 1 aromatic carbocycles. The first kappa shape index (κ1) is 12.3. The zero-order valence-corrected chi connectivity index (χ0v) is 11.8. The van der Waals surface area contributed by atoms with E-state index in [0.717, 1.165) is 16.2 Å². The van der Waals surface area contributed by atoms with Crippen molar-refractivity contribution in [2.24, 2.45) is 0 Å². The minimum atomic E-state index is 0.626. The molecule has 1 N–H and O–H groups in total. The number of hydrogen-bond acceptors (Lipinski definition) is 6. The Labute approximate surface area is 119 Å². The molecule has 96 valence electrons. The molecule has 2 heterocycles. The third-order valence-corrected chi connectivity index (χ3v) is 3.51. The highest BCUT2D eigenvalue weighted by molar-refractivity contribution is 7.98. The molecule has 0 aliphatic heterocycles. The number of para-hydroxylation sites is 1. The van der Waals surface area contributed by atoms with Crippen molar-refractivity contribution in [1.29, 1.82) is 0 Å². The number of aromatic nitrogens is 4. The van der Waals surface area contributed by atoms with Crippen LogP contribution in [0, 0.1) is 0 Å². The van der Waals surface area contributed by atoms with E-state index in [4.69, 9.17) is 0 Å². The third kappa shape index (κ3) is 2.39. The average Bonchev–Trinajstić information content (AvgIpc) is 2.89. The number of hydrogen-bond donors (Lipinski definition) is 2. The highest BCUT2D eigenvalue weighted by atomic mass is 32.2. The molecule has 3 aromatic rings. The lowest BCUT2D eigenvalue weighted by molar-refractivity contribution is 0.847. The zero-order valence-electron chi connectivity index (χ0n) is 10.1. The van der Waals surface area contributed by atoms with Gasteiger partial charge in [-0.1, -0.05) is 23.9 Å². The predicted octanol–water partition coefficient (Wildman–Crippen LogP) is 2.88. The smallest absolute Gasteiger partial charge is 0.232 e. The Kier molecular flexibility index (Phi) is 3.31. The highest BCUT2D eigenvalue weighted by Gasteiger charge is 2.08. The van der Waals surface area contributed by atoms with Crippen LogP contribution in [0.1, 0.15) is 0 Å². The Balaban J connectivity index is 2.09. The van der Waals surface area contributed by atoms with Crippen molar-refractivity contribution in [3.05, 3.63) is 36.5 Å². The van der Waals surface area contributed by atoms with Gasteiger partial charge in [-0.3, -0.25) is 0 Å². The Hall–Kier alpha value is -1.73. The second kappa shape index (κ2) is 5.10. The van der Waals surface area contributed by atoms with E-state index in [9.17, 15) is 0 Å². The van der Waals surface area contributed by atoms with E-state index in [-0.39, 0.29) is 0 Å². The van der Waals surface area contributed by atoms with Crippen molar-refractivity contribution in [3.8, 4) is 0 Å². The number of nitrogens with zero attached hydrogens (tertiary/aromatic N) is 4. The summed E-state index contributed by atoms with van der Waals surface area (Å²) < 4.78 is 1.67. The molecule has 0 saturated carbocycles. The quantitative estimate of drug-likeness (QED) is 0.573. The van der Waals surface area contributed by atoms with Gasteiger partial charge in [0.2, 0.25) is 5.95 Å². The highest BCUT2D eigenvalue weighted by Crippen LogP contribution is 2.23. The van der Waals surface area contributed by atoms with Crippen LogP contribution in [-0.4, -0.2) is 25.8 Å². The Bertz CT molecular complexity index is 725. The van der Waals surface area contributed by atoms with Crippen molar-refractivity contribution in [2.75, 3.05) is 11.6 Å². The zero-order chi connectivity index (χ0) is 13.2. The van der Waals surface area contributed by atoms with E-state index in [0.29, 0.717) is 11.1 Å². The summed E-state index contributed by atoms with van der Waals surface area (Å²) in [6, 6.07) is 9.59. The number of thioether (sulfide) groups is 1. The van der Waals surface area contributed by atoms with Gasteiger partial charge in [0.15, 0.2) is 10.8 Å². The maximum atomic E-state index is 4.44. The number of benzene rings is 1. The summed E-state index contributed by atoms with van der Waals surface area (Å²) in [5.41, 5.74) is 1.65. The molecule has 5 nitrogen and oxygen atoms in total. The first-order valence-corrected chi connectivity index (χ1v) is 7.26. The van der Waals surface area contributed by atoms with Gasteiger partial charge in [-0.05, 0) is 18.4 Å². The van der Waals surface area contributed by atoms with Crippen molar-refractivity contribution in [2.45, 2.75) is 10.1 Å². The molecule has 0 amide bonds. The number of thiol groups is 1. The minimum Gasteiger partial charge on any atom is -0.323 e. The molecule has 0 saturated heterocycles. The number of nitrogens with one attached hydrogen (secondary N) is 1. The molecular formula is C12H11N5S2. The van der Waals surface area contributed by atoms with Crippen molar-refractivity contribution < 1.29 is 0 Å². The molecule has 0 aliphatic carbocycles. The van der Waals surface area contributed by atoms with Crippen molar-refractivity contribution in [3.63, 3.8) is 0 Å². The largest absolute Gasteiger partial charge is 0.323 e. The average molecular weight is 289 g/mol. The predicted molar refractivity (Wildman–Crippen MR) is 79.5 cm³/mol. The molecule has 0 spiro atoms. The van der Waals surface area contributed by atoms with Gasteiger partial charge >= 0.3 is 0 Å². The second-order valence-electron chi connectivity index (χ2n) is 3.78. The molecule has 0 fully saturated rings. The van der Waals surface area contributed by atoms with Crippen LogP contribution in [-0.2, 0) is 0 Å². The summed E-state index contributed by atoms with van der Waals surface area (Å²) in [5.74, 6) is 0.626. The van der Waals surface area contributed by atoms with Gasteiger partial charge in [0, 0.05) is 11.0 Å². The fraction of sp³-hybridized carbons (Fsp3) is 0.0833. The van der Waals surface area contributed by atoms with Crippen LogP contribution < -0.4 is 5.32 Å². The molecule has 0 unspecified atom stereocenters. The standard InChI is InChI=1S/C12H11N5S2/c1-19-12-15-10-6-7-13-17(10)11(16-12)14-8-4-2-3-5-9(8)18/h2-7,18H,1H3,(H,14,15,16). The van der Waals surface area contributed by atoms with Gasteiger partial charge in [0.05, 0.1) is 11.9 Å². The SMILES string of the molecule is CSc1nc(Nc2ccccc2S)n2nccc2n1. The van der Waals surface area contributed by atoms with Crippen molar-refractivity contribution in [1.82, 2.24) is 19.6 Å². The number of fused-ring (bicyclic) bond motifs is 1. The Morgan fingerprint density at radius 1 is 1.21 bits per heavy atom. The van der Waals surface area contributed by atoms with Gasteiger partial charge < -0.3 is 5.32 Å². The monoisotopic (exact) mass is 289 g/mol. The van der Waals surface area contributed by atoms with Gasteiger partial charge in [0.25, 0.3) is 0 Å². The first-order chi connectivity index (χ1) is 9.28. The van der Waals surface area contributed by atoms with Gasteiger partial charge in [-0.25, -0.2) is 4.98 Å². The lowest BCUT2D eigenvalue weighted by Gasteiger charge is -2.09. The molecule has 0 atom stereocenters. The van der Waals surface area contributed by atoms with E-state index in [1.165, 1.54) is 11.8 Å². The van der Waals surface area contributed by atoms with Crippen LogP contribution in [0.5, 0.6) is 0 Å². The van der Waals surface area contributed by atoms with Crippen LogP contribution in [0.15, 0.2) is 46.6 Å². The van der Waals surface area contributed by atoms with E-state index in [1.54, 1.807) is 10.7 Å². The van der Waals surface area contributed by atoms with Crippen LogP contribution in [0.3, 0.4) is 0 Å². The fourth-order valence-corrected chi connectivity index (χ4v) is 2.26. The van der Waals surface area contributed by atoms with Crippen molar-refractivity contribution >= 4 is 41.7 Å². The van der Waals surface area contributed by atoms with Crippen LogP contribution in [0.25, 0.3) is 5.65 Å². The summed E-state index contributed by atoms with van der Waals surface area (Å²) in [6.07, 6.45) is 3.64. The summed E-state index contributed by atoms with van der Waals surface area (Å²) in [4.78, 5) is 9.66. The minimum absolute atomic E-state index is 0.626. The van der Waals surface area contributed by atoms with Crippen LogP contribution >= 0.6 is 24.4 Å². The van der Waals surface area contributed by atoms with E-state index < -0.39 is 0 Å². The summed E-state index contributed by atoms with van der Waals surface area (Å²) in [7, 11) is 0. The van der Waals surface area contributed by atoms with Crippen LogP contribution in [0.2, 0.25) is 0 Å². The van der Waals surface area contributed by atoms with E-state index >= 15 is 0 Å². The molecule has 0 radical (unpaired) electrons. The Morgan fingerprint density at radius 2 is 2.05 bits per heavy atom. The molecular weight excluding hydrogens is 278 g/mol. The first-order valence-electron chi connectivity index (χ1n) is 5.59. The third-order valence-electron chi connectivity index (χ3n) is 2.57. The number of rotatable bonds is 3. The molecule has 0 bridgehead atoms. The van der Waals surface area contributed by atoms with E-state index in [2.05, 4.69) is 33.0 Å². The topological polar surface area (TPSA) is 55.1 Å². The van der Waals surface area contributed by atoms with Gasteiger partial charge in [-0.15, -0.1) is 12.6 Å². The molecule has 0 aliphatic rings. The maximum absolute atomic E-state index is 4.44. The molecule has 7 heteroatoms. The molecule has 2 aromatic heterocycles. The molecule has 19 heavy (non-hydrogen) atoms. The second-order valence-corrected chi connectivity index (χ2v) is 5.03.